The van der Waals surface area contributed by atoms with Gasteiger partial charge in [0.1, 0.15) is 23.9 Å². The highest BCUT2D eigenvalue weighted by Gasteiger charge is 2.13. The number of anilines is 1. The standard InChI is InChI=1S/C26H23NO4/c1-29-24-14-12-20(26(28)27-23-9-5-6-10-25(23)30-2)15-21(24)17-31-22-13-11-18-7-3-4-8-19(18)16-22/h3-16H,17H2,1-2H3,(H,27,28). The molecule has 0 radical (unpaired) electrons. The number of carbonyl (C=O) groups excluding carboxylic acids is 1. The van der Waals surface area contributed by atoms with E-state index in [0.717, 1.165) is 22.1 Å². The Balaban J connectivity index is 1.53. The maximum Gasteiger partial charge on any atom is 0.255 e. The van der Waals surface area contributed by atoms with Crippen LogP contribution in [0.15, 0.2) is 84.9 Å². The van der Waals surface area contributed by atoms with Crippen LogP contribution in [0.25, 0.3) is 10.8 Å². The topological polar surface area (TPSA) is 56.8 Å². The van der Waals surface area contributed by atoms with Crippen molar-refractivity contribution in [1.29, 1.82) is 0 Å². The Morgan fingerprint density at radius 2 is 1.52 bits per heavy atom. The lowest BCUT2D eigenvalue weighted by atomic mass is 10.1. The van der Waals surface area contributed by atoms with Gasteiger partial charge in [-0.2, -0.15) is 0 Å². The van der Waals surface area contributed by atoms with Gasteiger partial charge >= 0.3 is 0 Å². The maximum absolute atomic E-state index is 12.8. The van der Waals surface area contributed by atoms with Gasteiger partial charge in [0, 0.05) is 11.1 Å². The van der Waals surface area contributed by atoms with Gasteiger partial charge in [0.15, 0.2) is 0 Å². The maximum atomic E-state index is 12.8. The van der Waals surface area contributed by atoms with Gasteiger partial charge in [-0.05, 0) is 53.2 Å². The lowest BCUT2D eigenvalue weighted by Gasteiger charge is -2.14. The predicted octanol–water partition coefficient (Wildman–Crippen LogP) is 5.69. The summed E-state index contributed by atoms with van der Waals surface area (Å²) in [6.45, 7) is 0.275. The van der Waals surface area contributed by atoms with Crippen LogP contribution in [0.2, 0.25) is 0 Å². The van der Waals surface area contributed by atoms with Crippen molar-refractivity contribution >= 4 is 22.4 Å². The highest BCUT2D eigenvalue weighted by Crippen LogP contribution is 2.27. The third-order valence-electron chi connectivity index (χ3n) is 5.01. The quantitative estimate of drug-likeness (QED) is 0.423. The number of para-hydroxylation sites is 2. The molecule has 5 heteroatoms. The SMILES string of the molecule is COc1ccc(C(=O)Nc2ccccc2OC)cc1COc1ccc2ccccc2c1. The number of nitrogens with one attached hydrogen (secondary N) is 1. The van der Waals surface area contributed by atoms with Crippen molar-refractivity contribution in [2.75, 3.05) is 19.5 Å². The first-order chi connectivity index (χ1) is 15.2. The van der Waals surface area contributed by atoms with Crippen LogP contribution in [0.3, 0.4) is 0 Å². The predicted molar refractivity (Wildman–Crippen MR) is 122 cm³/mol. The number of hydrogen-bond acceptors (Lipinski definition) is 4. The smallest absolute Gasteiger partial charge is 0.255 e. The fourth-order valence-corrected chi connectivity index (χ4v) is 3.39. The second-order valence-corrected chi connectivity index (χ2v) is 6.98. The van der Waals surface area contributed by atoms with Crippen LogP contribution < -0.4 is 19.5 Å². The Morgan fingerprint density at radius 3 is 2.32 bits per heavy atom. The molecule has 0 saturated carbocycles. The zero-order chi connectivity index (χ0) is 21.6. The number of benzene rings is 4. The molecule has 1 N–H and O–H groups in total. The molecule has 4 aromatic carbocycles. The van der Waals surface area contributed by atoms with Crippen molar-refractivity contribution in [3.8, 4) is 17.2 Å². The van der Waals surface area contributed by atoms with Crippen LogP contribution in [0, 0.1) is 0 Å². The molecule has 0 aromatic heterocycles. The molecule has 0 aliphatic rings. The zero-order valence-electron chi connectivity index (χ0n) is 17.4. The minimum Gasteiger partial charge on any atom is -0.496 e. The Kier molecular flexibility index (Phi) is 6.03. The molecule has 0 heterocycles. The van der Waals surface area contributed by atoms with E-state index in [4.69, 9.17) is 14.2 Å². The van der Waals surface area contributed by atoms with Crippen LogP contribution >= 0.6 is 0 Å². The molecule has 0 bridgehead atoms. The van der Waals surface area contributed by atoms with E-state index in [-0.39, 0.29) is 12.5 Å². The molecule has 0 spiro atoms. The van der Waals surface area contributed by atoms with Gasteiger partial charge < -0.3 is 19.5 Å². The van der Waals surface area contributed by atoms with Crippen LogP contribution in [-0.2, 0) is 6.61 Å². The van der Waals surface area contributed by atoms with Crippen molar-refractivity contribution in [2.24, 2.45) is 0 Å². The highest BCUT2D eigenvalue weighted by molar-refractivity contribution is 6.05. The Hall–Kier alpha value is -3.99. The first-order valence-corrected chi connectivity index (χ1v) is 9.91. The third kappa shape index (κ3) is 4.61. The molecule has 31 heavy (non-hydrogen) atoms. The first-order valence-electron chi connectivity index (χ1n) is 9.91. The second-order valence-electron chi connectivity index (χ2n) is 6.98. The van der Waals surface area contributed by atoms with E-state index < -0.39 is 0 Å². The molecule has 0 atom stereocenters. The second kappa shape index (κ2) is 9.22. The summed E-state index contributed by atoms with van der Waals surface area (Å²) in [6, 6.07) is 26.7. The van der Waals surface area contributed by atoms with Gasteiger partial charge in [-0.3, -0.25) is 4.79 Å². The molecule has 4 rings (SSSR count). The summed E-state index contributed by atoms with van der Waals surface area (Å²) in [5, 5.41) is 5.15. The van der Waals surface area contributed by atoms with Crippen molar-refractivity contribution < 1.29 is 19.0 Å². The monoisotopic (exact) mass is 413 g/mol. The number of ether oxygens (including phenoxy) is 3. The Morgan fingerprint density at radius 1 is 0.774 bits per heavy atom. The summed E-state index contributed by atoms with van der Waals surface area (Å²) in [7, 11) is 3.17. The summed E-state index contributed by atoms with van der Waals surface area (Å²) in [6.07, 6.45) is 0. The molecule has 0 aliphatic carbocycles. The third-order valence-corrected chi connectivity index (χ3v) is 5.01. The van der Waals surface area contributed by atoms with Crippen LogP contribution in [0.1, 0.15) is 15.9 Å². The van der Waals surface area contributed by atoms with Gasteiger partial charge in [0.05, 0.1) is 19.9 Å². The minimum atomic E-state index is -0.237. The number of rotatable bonds is 7. The van der Waals surface area contributed by atoms with Crippen molar-refractivity contribution in [1.82, 2.24) is 0 Å². The number of hydrogen-bond donors (Lipinski definition) is 1. The zero-order valence-corrected chi connectivity index (χ0v) is 17.4. The van der Waals surface area contributed by atoms with Gasteiger partial charge in [-0.15, -0.1) is 0 Å². The molecular formula is C26H23NO4. The summed E-state index contributed by atoms with van der Waals surface area (Å²) in [5.41, 5.74) is 1.90. The lowest BCUT2D eigenvalue weighted by Crippen LogP contribution is -2.13. The Bertz CT molecular complexity index is 1220. The molecule has 4 aromatic rings. The number of amides is 1. The van der Waals surface area contributed by atoms with Gasteiger partial charge in [-0.1, -0.05) is 42.5 Å². The van der Waals surface area contributed by atoms with Gasteiger partial charge in [-0.25, -0.2) is 0 Å². The Labute approximate surface area is 181 Å². The summed E-state index contributed by atoms with van der Waals surface area (Å²) in [5.74, 6) is 1.78. The molecular weight excluding hydrogens is 390 g/mol. The molecule has 0 aliphatic heterocycles. The summed E-state index contributed by atoms with van der Waals surface area (Å²) in [4.78, 5) is 12.8. The molecule has 0 fully saturated rings. The van der Waals surface area contributed by atoms with Crippen LogP contribution in [0.4, 0.5) is 5.69 Å². The largest absolute Gasteiger partial charge is 0.496 e. The fourth-order valence-electron chi connectivity index (χ4n) is 3.39. The van der Waals surface area contributed by atoms with E-state index in [2.05, 4.69) is 11.4 Å². The highest BCUT2D eigenvalue weighted by atomic mass is 16.5. The van der Waals surface area contributed by atoms with E-state index in [1.165, 1.54) is 0 Å². The van der Waals surface area contributed by atoms with Crippen molar-refractivity contribution in [3.05, 3.63) is 96.1 Å². The van der Waals surface area contributed by atoms with E-state index in [1.807, 2.05) is 48.5 Å². The van der Waals surface area contributed by atoms with Crippen LogP contribution in [-0.4, -0.2) is 20.1 Å². The van der Waals surface area contributed by atoms with E-state index in [1.54, 1.807) is 44.6 Å². The van der Waals surface area contributed by atoms with Gasteiger partial charge in [0.25, 0.3) is 5.91 Å². The van der Waals surface area contributed by atoms with Crippen molar-refractivity contribution in [2.45, 2.75) is 6.61 Å². The molecule has 5 nitrogen and oxygen atoms in total. The fraction of sp³-hybridized carbons (Fsp3) is 0.115. The molecule has 0 saturated heterocycles. The summed E-state index contributed by atoms with van der Waals surface area (Å²) < 4.78 is 16.8. The molecule has 0 unspecified atom stereocenters. The average Bonchev–Trinajstić information content (AvgIpc) is 2.82. The normalized spacial score (nSPS) is 10.5. The van der Waals surface area contributed by atoms with E-state index >= 15 is 0 Å². The van der Waals surface area contributed by atoms with Gasteiger partial charge in [0.2, 0.25) is 0 Å². The summed E-state index contributed by atoms with van der Waals surface area (Å²) >= 11 is 0. The first kappa shape index (κ1) is 20.3. The van der Waals surface area contributed by atoms with Crippen LogP contribution in [0.5, 0.6) is 17.2 Å². The number of carbonyl (C=O) groups is 1. The molecule has 156 valence electrons. The number of methoxy groups -OCH3 is 2. The minimum absolute atomic E-state index is 0.237. The average molecular weight is 413 g/mol. The lowest BCUT2D eigenvalue weighted by molar-refractivity contribution is 0.102. The van der Waals surface area contributed by atoms with E-state index in [0.29, 0.717) is 22.7 Å². The number of fused-ring (bicyclic) bond motifs is 1. The van der Waals surface area contributed by atoms with Crippen molar-refractivity contribution in [3.63, 3.8) is 0 Å². The van der Waals surface area contributed by atoms with E-state index in [9.17, 15) is 4.79 Å². The molecule has 1 amide bonds.